The van der Waals surface area contributed by atoms with Crippen LogP contribution in [0.1, 0.15) is 45.8 Å². The first-order valence-electron chi connectivity index (χ1n) is 12.6. The van der Waals surface area contributed by atoms with E-state index in [0.717, 1.165) is 13.0 Å². The summed E-state index contributed by atoms with van der Waals surface area (Å²) in [7, 11) is 7.37. The topological polar surface area (TPSA) is 155 Å². The Morgan fingerprint density at radius 3 is 2.15 bits per heavy atom. The van der Waals surface area contributed by atoms with Gasteiger partial charge in [0.25, 0.3) is 17.4 Å². The average Bonchev–Trinajstić information content (AvgIpc) is 3.41. The molecule has 13 heteroatoms. The quantitative estimate of drug-likeness (QED) is 0.250. The van der Waals surface area contributed by atoms with E-state index < -0.39 is 17.2 Å². The van der Waals surface area contributed by atoms with Crippen molar-refractivity contribution in [2.24, 2.45) is 14.1 Å². The smallest absolute Gasteiger partial charge is 0.328 e. The van der Waals surface area contributed by atoms with Crippen molar-refractivity contribution in [1.29, 1.82) is 0 Å². The minimum atomic E-state index is -0.518. The van der Waals surface area contributed by atoms with Gasteiger partial charge in [-0.25, -0.2) is 4.79 Å². The normalized spacial score (nSPS) is 11.0. The van der Waals surface area contributed by atoms with E-state index in [1.807, 2.05) is 19.0 Å². The molecule has 4 N–H and O–H groups in total. The fraction of sp³-hybridized carbons (Fsp3) is 0.423. The summed E-state index contributed by atoms with van der Waals surface area (Å²) in [5.41, 5.74) is 1.14. The van der Waals surface area contributed by atoms with Crippen molar-refractivity contribution in [3.8, 4) is 0 Å². The number of nitrogens with one attached hydrogen (secondary N) is 4. The largest absolute Gasteiger partial charge is 0.351 e. The molecule has 0 aliphatic carbocycles. The van der Waals surface area contributed by atoms with E-state index in [4.69, 9.17) is 0 Å². The van der Waals surface area contributed by atoms with Gasteiger partial charge in [-0.2, -0.15) is 0 Å². The number of H-pyrrole nitrogens is 1. The number of aromatic amines is 1. The summed E-state index contributed by atoms with van der Waals surface area (Å²) in [6, 6.07) is 3.17. The summed E-state index contributed by atoms with van der Waals surface area (Å²) in [5.74, 6) is -0.887. The Kier molecular flexibility index (Phi) is 9.66. The molecule has 3 rings (SSSR count). The zero-order valence-electron chi connectivity index (χ0n) is 23.0. The molecule has 0 atom stereocenters. The molecule has 0 spiro atoms. The highest BCUT2D eigenvalue weighted by atomic mass is 16.2. The number of nitrogens with zero attached hydrogens (tertiary/aromatic N) is 4. The second-order valence-corrected chi connectivity index (χ2v) is 9.73. The molecule has 3 aromatic heterocycles. The van der Waals surface area contributed by atoms with E-state index in [-0.39, 0.29) is 24.8 Å². The van der Waals surface area contributed by atoms with Crippen LogP contribution in [0.25, 0.3) is 0 Å². The maximum atomic E-state index is 12.9. The molecule has 210 valence electrons. The Morgan fingerprint density at radius 1 is 0.897 bits per heavy atom. The molecule has 39 heavy (non-hydrogen) atoms. The van der Waals surface area contributed by atoms with Gasteiger partial charge in [0.05, 0.1) is 11.4 Å². The fourth-order valence-electron chi connectivity index (χ4n) is 4.02. The number of hydrogen-bond donors (Lipinski definition) is 4. The summed E-state index contributed by atoms with van der Waals surface area (Å²) in [4.78, 5) is 65.4. The van der Waals surface area contributed by atoms with Crippen LogP contribution in [0.15, 0.2) is 40.3 Å². The Bertz CT molecular complexity index is 1460. The molecule has 0 saturated heterocycles. The van der Waals surface area contributed by atoms with Gasteiger partial charge in [0.2, 0.25) is 5.91 Å². The van der Waals surface area contributed by atoms with Crippen molar-refractivity contribution in [2.75, 3.05) is 37.8 Å². The Morgan fingerprint density at radius 2 is 1.51 bits per heavy atom. The predicted molar refractivity (Wildman–Crippen MR) is 148 cm³/mol. The molecular weight excluding hydrogens is 504 g/mol. The maximum absolute atomic E-state index is 12.9. The molecule has 0 fully saturated rings. The van der Waals surface area contributed by atoms with E-state index in [1.165, 1.54) is 10.8 Å². The summed E-state index contributed by atoms with van der Waals surface area (Å²) in [6.07, 6.45) is 6.11. The monoisotopic (exact) mass is 540 g/mol. The number of hydrogen-bond acceptors (Lipinski definition) is 6. The number of anilines is 2. The molecule has 3 heterocycles. The van der Waals surface area contributed by atoms with Crippen LogP contribution in [-0.4, -0.2) is 68.5 Å². The van der Waals surface area contributed by atoms with Crippen LogP contribution in [-0.2, 0) is 25.4 Å². The number of rotatable bonds is 12. The highest BCUT2D eigenvalue weighted by molar-refractivity contribution is 6.05. The van der Waals surface area contributed by atoms with Crippen molar-refractivity contribution in [1.82, 2.24) is 28.9 Å². The van der Waals surface area contributed by atoms with Gasteiger partial charge in [-0.1, -0.05) is 0 Å². The molecular formula is C26H36N8O5. The molecule has 0 aliphatic heterocycles. The third-order valence-electron chi connectivity index (χ3n) is 6.08. The molecule has 0 saturated carbocycles. The van der Waals surface area contributed by atoms with E-state index in [9.17, 15) is 24.0 Å². The van der Waals surface area contributed by atoms with E-state index >= 15 is 0 Å². The van der Waals surface area contributed by atoms with Crippen molar-refractivity contribution in [3.05, 3.63) is 68.5 Å². The fourth-order valence-corrected chi connectivity index (χ4v) is 4.02. The molecule has 0 radical (unpaired) electrons. The summed E-state index contributed by atoms with van der Waals surface area (Å²) >= 11 is 0. The van der Waals surface area contributed by atoms with Crippen LogP contribution >= 0.6 is 0 Å². The van der Waals surface area contributed by atoms with E-state index in [1.54, 1.807) is 54.7 Å². The van der Waals surface area contributed by atoms with Crippen LogP contribution < -0.4 is 27.2 Å². The molecule has 0 aromatic carbocycles. The van der Waals surface area contributed by atoms with Gasteiger partial charge in [-0.15, -0.1) is 0 Å². The van der Waals surface area contributed by atoms with Gasteiger partial charge in [0, 0.05) is 57.8 Å². The predicted octanol–water partition coefficient (Wildman–Crippen LogP) is 0.875. The molecule has 0 bridgehead atoms. The lowest BCUT2D eigenvalue weighted by atomic mass is 10.2. The van der Waals surface area contributed by atoms with Crippen molar-refractivity contribution < 1.29 is 14.4 Å². The molecule has 3 amide bonds. The first kappa shape index (κ1) is 29.2. The zero-order valence-corrected chi connectivity index (χ0v) is 23.0. The average molecular weight is 541 g/mol. The SMILES string of the molecule is Cc1cn(CCCC(=O)Nc2cc(C(=O)Nc3cc(C(=O)NCCCN(C)C)n(C)c3)n(C)c2)c(=O)[nH]c1=O. The van der Waals surface area contributed by atoms with Crippen LogP contribution in [0.5, 0.6) is 0 Å². The second-order valence-electron chi connectivity index (χ2n) is 9.73. The first-order valence-corrected chi connectivity index (χ1v) is 12.6. The molecule has 3 aromatic rings. The van der Waals surface area contributed by atoms with Gasteiger partial charge in [0.1, 0.15) is 11.4 Å². The molecule has 0 aliphatic rings. The van der Waals surface area contributed by atoms with Crippen LogP contribution in [0.4, 0.5) is 11.4 Å². The number of aromatic nitrogens is 4. The highest BCUT2D eigenvalue weighted by Gasteiger charge is 2.17. The molecule has 13 nitrogen and oxygen atoms in total. The Hall–Kier alpha value is -4.39. The highest BCUT2D eigenvalue weighted by Crippen LogP contribution is 2.18. The van der Waals surface area contributed by atoms with Gasteiger partial charge < -0.3 is 34.6 Å². The summed E-state index contributed by atoms with van der Waals surface area (Å²) < 4.78 is 4.60. The van der Waals surface area contributed by atoms with Gasteiger partial charge in [-0.05, 0) is 52.5 Å². The minimum Gasteiger partial charge on any atom is -0.351 e. The standard InChI is InChI=1S/C26H36N8O5/c1-17-14-34(26(39)30-23(17)36)11-6-8-22(35)28-18-12-21(33(5)15-18)25(38)29-19-13-20(32(4)16-19)24(37)27-9-7-10-31(2)3/h12-16H,6-11H2,1-5H3,(H,27,37)(H,28,35)(H,29,38)(H,30,36,39). The van der Waals surface area contributed by atoms with Gasteiger partial charge in [-0.3, -0.25) is 24.2 Å². The Balaban J connectivity index is 1.53. The number of aryl methyl sites for hydroxylation is 4. The zero-order chi connectivity index (χ0) is 28.7. The van der Waals surface area contributed by atoms with E-state index in [0.29, 0.717) is 41.3 Å². The van der Waals surface area contributed by atoms with Crippen molar-refractivity contribution in [2.45, 2.75) is 32.7 Å². The summed E-state index contributed by atoms with van der Waals surface area (Å²) in [5, 5.41) is 8.43. The van der Waals surface area contributed by atoms with Crippen LogP contribution in [0.3, 0.4) is 0 Å². The van der Waals surface area contributed by atoms with Crippen molar-refractivity contribution in [3.63, 3.8) is 0 Å². The van der Waals surface area contributed by atoms with Crippen molar-refractivity contribution >= 4 is 29.1 Å². The molecule has 0 unspecified atom stereocenters. The third-order valence-corrected chi connectivity index (χ3v) is 6.08. The van der Waals surface area contributed by atoms with Crippen LogP contribution in [0, 0.1) is 6.92 Å². The lowest BCUT2D eigenvalue weighted by Crippen LogP contribution is -2.31. The minimum absolute atomic E-state index is 0.144. The van der Waals surface area contributed by atoms with Crippen LogP contribution in [0.2, 0.25) is 0 Å². The number of carbonyl (C=O) groups is 3. The van der Waals surface area contributed by atoms with E-state index in [2.05, 4.69) is 20.9 Å². The maximum Gasteiger partial charge on any atom is 0.328 e. The number of carbonyl (C=O) groups excluding carboxylic acids is 3. The lowest BCUT2D eigenvalue weighted by Gasteiger charge is -2.10. The second kappa shape index (κ2) is 12.9. The summed E-state index contributed by atoms with van der Waals surface area (Å²) in [6.45, 7) is 3.30. The lowest BCUT2D eigenvalue weighted by molar-refractivity contribution is -0.116. The third kappa shape index (κ3) is 8.04. The first-order chi connectivity index (χ1) is 18.4. The number of amides is 3. The van der Waals surface area contributed by atoms with Gasteiger partial charge >= 0.3 is 5.69 Å². The Labute approximate surface area is 225 Å². The van der Waals surface area contributed by atoms with Gasteiger partial charge in [0.15, 0.2) is 0 Å².